The monoisotopic (exact) mass is 358 g/mol. The number of carbonyl (C=O) groups is 1. The maximum Gasteiger partial charge on any atom is 0.322 e. The minimum Gasteiger partial charge on any atom is -0.444 e. The third kappa shape index (κ3) is 4.07. The van der Waals surface area contributed by atoms with Crippen LogP contribution in [-0.4, -0.2) is 56.8 Å². The first-order valence-corrected chi connectivity index (χ1v) is 9.30. The Hall–Kier alpha value is -2.35. The van der Waals surface area contributed by atoms with Crippen molar-refractivity contribution in [2.24, 2.45) is 5.92 Å². The molecule has 8 nitrogen and oxygen atoms in total. The van der Waals surface area contributed by atoms with E-state index in [1.165, 1.54) is 12.8 Å². The summed E-state index contributed by atoms with van der Waals surface area (Å²) in [5, 5.41) is 7.28. The van der Waals surface area contributed by atoms with E-state index < -0.39 is 0 Å². The lowest BCUT2D eigenvalue weighted by molar-refractivity contribution is 0.135. The van der Waals surface area contributed by atoms with E-state index in [0.29, 0.717) is 19.6 Å². The summed E-state index contributed by atoms with van der Waals surface area (Å²) in [5.41, 5.74) is 1.71. The van der Waals surface area contributed by atoms with Gasteiger partial charge in [-0.25, -0.2) is 9.78 Å². The van der Waals surface area contributed by atoms with Crippen LogP contribution in [0.25, 0.3) is 0 Å². The van der Waals surface area contributed by atoms with Gasteiger partial charge in [0, 0.05) is 38.9 Å². The molecule has 0 unspecified atom stereocenters. The van der Waals surface area contributed by atoms with Gasteiger partial charge in [-0.2, -0.15) is 5.10 Å². The van der Waals surface area contributed by atoms with Crippen molar-refractivity contribution in [3.8, 4) is 0 Å². The number of amides is 2. The third-order valence-corrected chi connectivity index (χ3v) is 5.12. The molecule has 1 saturated heterocycles. The summed E-state index contributed by atoms with van der Waals surface area (Å²) >= 11 is 0. The topological polar surface area (TPSA) is 79.4 Å². The van der Waals surface area contributed by atoms with Crippen molar-refractivity contribution in [2.45, 2.75) is 39.8 Å². The highest BCUT2D eigenvalue weighted by molar-refractivity contribution is 5.89. The summed E-state index contributed by atoms with van der Waals surface area (Å²) in [7, 11) is 0. The number of piperazine rings is 1. The molecule has 2 amide bonds. The zero-order chi connectivity index (χ0) is 18.1. The summed E-state index contributed by atoms with van der Waals surface area (Å²) < 4.78 is 7.57. The number of anilines is 1. The summed E-state index contributed by atoms with van der Waals surface area (Å²) in [5.74, 6) is 2.39. The molecular formula is C18H26N6O2. The molecule has 8 heteroatoms. The summed E-state index contributed by atoms with van der Waals surface area (Å²) in [6, 6.07) is -0.0570. The molecule has 140 valence electrons. The van der Waals surface area contributed by atoms with Gasteiger partial charge in [0.15, 0.2) is 0 Å². The SMILES string of the molecule is Cc1nc(CN2CCN(C(=O)Nc3cnn(CC4CC4)c3)CC2)oc1C. The first-order chi connectivity index (χ1) is 12.6. The molecule has 0 bridgehead atoms. The molecule has 0 aromatic carbocycles. The van der Waals surface area contributed by atoms with Crippen molar-refractivity contribution in [2.75, 3.05) is 31.5 Å². The van der Waals surface area contributed by atoms with E-state index in [9.17, 15) is 4.79 Å². The molecule has 3 heterocycles. The lowest BCUT2D eigenvalue weighted by Gasteiger charge is -2.33. The van der Waals surface area contributed by atoms with Crippen LogP contribution in [0.2, 0.25) is 0 Å². The zero-order valence-electron chi connectivity index (χ0n) is 15.4. The fraction of sp³-hybridized carbons (Fsp3) is 0.611. The number of hydrogen-bond acceptors (Lipinski definition) is 5. The van der Waals surface area contributed by atoms with Gasteiger partial charge in [0.25, 0.3) is 0 Å². The average molecular weight is 358 g/mol. The number of nitrogens with one attached hydrogen (secondary N) is 1. The van der Waals surface area contributed by atoms with Gasteiger partial charge in [-0.05, 0) is 32.6 Å². The highest BCUT2D eigenvalue weighted by Crippen LogP contribution is 2.30. The maximum atomic E-state index is 12.5. The number of oxazole rings is 1. The van der Waals surface area contributed by atoms with E-state index in [1.807, 2.05) is 29.6 Å². The Morgan fingerprint density at radius 3 is 2.69 bits per heavy atom. The van der Waals surface area contributed by atoms with Gasteiger partial charge < -0.3 is 14.6 Å². The normalized spacial score (nSPS) is 18.3. The van der Waals surface area contributed by atoms with Crippen LogP contribution in [0.15, 0.2) is 16.8 Å². The number of carbonyl (C=O) groups excluding carboxylic acids is 1. The largest absolute Gasteiger partial charge is 0.444 e. The van der Waals surface area contributed by atoms with E-state index in [-0.39, 0.29) is 6.03 Å². The summed E-state index contributed by atoms with van der Waals surface area (Å²) in [6.45, 7) is 8.55. The van der Waals surface area contributed by atoms with E-state index in [1.54, 1.807) is 6.20 Å². The van der Waals surface area contributed by atoms with Gasteiger partial charge in [0.1, 0.15) is 5.76 Å². The molecule has 0 radical (unpaired) electrons. The lowest BCUT2D eigenvalue weighted by atomic mass is 10.3. The molecule has 1 saturated carbocycles. The second-order valence-electron chi connectivity index (χ2n) is 7.34. The molecule has 26 heavy (non-hydrogen) atoms. The lowest BCUT2D eigenvalue weighted by Crippen LogP contribution is -2.49. The van der Waals surface area contributed by atoms with Crippen molar-refractivity contribution < 1.29 is 9.21 Å². The molecule has 1 aliphatic heterocycles. The average Bonchev–Trinajstić information content (AvgIpc) is 3.23. The molecule has 1 N–H and O–H groups in total. The second-order valence-corrected chi connectivity index (χ2v) is 7.34. The van der Waals surface area contributed by atoms with Crippen LogP contribution in [-0.2, 0) is 13.1 Å². The minimum atomic E-state index is -0.0570. The Kier molecular flexibility index (Phi) is 4.67. The summed E-state index contributed by atoms with van der Waals surface area (Å²) in [4.78, 5) is 21.0. The van der Waals surface area contributed by atoms with Crippen LogP contribution in [0, 0.1) is 19.8 Å². The maximum absolute atomic E-state index is 12.5. The van der Waals surface area contributed by atoms with E-state index in [4.69, 9.17) is 4.42 Å². The number of aromatic nitrogens is 3. The smallest absolute Gasteiger partial charge is 0.322 e. The Morgan fingerprint density at radius 2 is 2.04 bits per heavy atom. The molecule has 0 spiro atoms. The molecule has 4 rings (SSSR count). The van der Waals surface area contributed by atoms with Crippen LogP contribution >= 0.6 is 0 Å². The van der Waals surface area contributed by atoms with Gasteiger partial charge in [0.05, 0.1) is 24.1 Å². The first kappa shape index (κ1) is 17.1. The first-order valence-electron chi connectivity index (χ1n) is 9.30. The Labute approximate surface area is 153 Å². The standard InChI is InChI=1S/C18H26N6O2/c1-13-14(2)26-17(20-13)12-22-5-7-23(8-6-22)18(25)21-16-9-19-24(11-16)10-15-3-4-15/h9,11,15H,3-8,10,12H2,1-2H3,(H,21,25). The van der Waals surface area contributed by atoms with Crippen molar-refractivity contribution >= 4 is 11.7 Å². The van der Waals surface area contributed by atoms with Crippen LogP contribution in [0.5, 0.6) is 0 Å². The second kappa shape index (κ2) is 7.11. The van der Waals surface area contributed by atoms with Crippen molar-refractivity contribution in [3.63, 3.8) is 0 Å². The van der Waals surface area contributed by atoms with Crippen molar-refractivity contribution in [1.82, 2.24) is 24.6 Å². The zero-order valence-corrected chi connectivity index (χ0v) is 15.4. The minimum absolute atomic E-state index is 0.0570. The van der Waals surface area contributed by atoms with E-state index in [2.05, 4.69) is 20.3 Å². The van der Waals surface area contributed by atoms with Gasteiger partial charge in [-0.3, -0.25) is 9.58 Å². The van der Waals surface area contributed by atoms with Gasteiger partial charge >= 0.3 is 6.03 Å². The molecule has 1 aliphatic carbocycles. The van der Waals surface area contributed by atoms with Crippen LogP contribution in [0.3, 0.4) is 0 Å². The fourth-order valence-electron chi connectivity index (χ4n) is 3.20. The molecule has 0 atom stereocenters. The highest BCUT2D eigenvalue weighted by Gasteiger charge is 2.24. The van der Waals surface area contributed by atoms with Gasteiger partial charge in [0.2, 0.25) is 5.89 Å². The van der Waals surface area contributed by atoms with Crippen LogP contribution < -0.4 is 5.32 Å². The molecule has 2 aromatic rings. The quantitative estimate of drug-likeness (QED) is 0.887. The Morgan fingerprint density at radius 1 is 1.27 bits per heavy atom. The Balaban J connectivity index is 1.24. The highest BCUT2D eigenvalue weighted by atomic mass is 16.4. The van der Waals surface area contributed by atoms with Gasteiger partial charge in [-0.1, -0.05) is 0 Å². The third-order valence-electron chi connectivity index (χ3n) is 5.12. The number of hydrogen-bond donors (Lipinski definition) is 1. The van der Waals surface area contributed by atoms with Crippen LogP contribution in [0.1, 0.15) is 30.2 Å². The molecule has 2 aliphatic rings. The van der Waals surface area contributed by atoms with E-state index >= 15 is 0 Å². The van der Waals surface area contributed by atoms with Crippen molar-refractivity contribution in [1.29, 1.82) is 0 Å². The van der Waals surface area contributed by atoms with E-state index in [0.717, 1.165) is 48.6 Å². The Bertz CT molecular complexity index is 751. The van der Waals surface area contributed by atoms with Crippen molar-refractivity contribution in [3.05, 3.63) is 29.7 Å². The molecule has 2 aromatic heterocycles. The van der Waals surface area contributed by atoms with Crippen LogP contribution in [0.4, 0.5) is 10.5 Å². The predicted molar refractivity (Wildman–Crippen MR) is 96.8 cm³/mol. The fourth-order valence-corrected chi connectivity index (χ4v) is 3.20. The number of urea groups is 1. The number of nitrogens with zero attached hydrogens (tertiary/aromatic N) is 5. The number of rotatable bonds is 5. The van der Waals surface area contributed by atoms with Gasteiger partial charge in [-0.15, -0.1) is 0 Å². The summed E-state index contributed by atoms with van der Waals surface area (Å²) in [6.07, 6.45) is 6.22. The predicted octanol–water partition coefficient (Wildman–Crippen LogP) is 2.25. The molecule has 2 fully saturated rings. The number of aryl methyl sites for hydroxylation is 2. The molecular weight excluding hydrogens is 332 g/mol.